The zero-order valence-corrected chi connectivity index (χ0v) is 12.4. The molecule has 21 heavy (non-hydrogen) atoms. The van der Waals surface area contributed by atoms with Gasteiger partial charge in [0.05, 0.1) is 19.1 Å². The summed E-state index contributed by atoms with van der Waals surface area (Å²) in [7, 11) is 1.63. The summed E-state index contributed by atoms with van der Waals surface area (Å²) in [6.07, 6.45) is 0.250. The lowest BCUT2D eigenvalue weighted by Crippen LogP contribution is -2.39. The molecule has 0 unspecified atom stereocenters. The number of Topliss-reactive ketones (excluding diaryl/α,β-unsaturated/α-hetero) is 2. The summed E-state index contributed by atoms with van der Waals surface area (Å²) in [6, 6.07) is -0.562. The maximum atomic E-state index is 11.5. The van der Waals surface area contributed by atoms with Gasteiger partial charge in [0.2, 0.25) is 5.91 Å². The lowest BCUT2D eigenvalue weighted by atomic mass is 10.1. The van der Waals surface area contributed by atoms with Crippen LogP contribution in [0.2, 0.25) is 0 Å². The number of rotatable bonds is 12. The van der Waals surface area contributed by atoms with Gasteiger partial charge in [0.25, 0.3) is 0 Å². The van der Waals surface area contributed by atoms with Gasteiger partial charge >= 0.3 is 5.97 Å². The fourth-order valence-electron chi connectivity index (χ4n) is 1.61. The molecule has 0 radical (unpaired) electrons. The third-order valence-corrected chi connectivity index (χ3v) is 2.75. The highest BCUT2D eigenvalue weighted by molar-refractivity contribution is 5.87. The fourth-order valence-corrected chi connectivity index (χ4v) is 1.61. The Labute approximate surface area is 123 Å². The number of carboxylic acid groups (broad SMARTS) is 1. The molecule has 0 saturated carbocycles. The van der Waals surface area contributed by atoms with E-state index in [1.54, 1.807) is 7.05 Å². The molecule has 0 aliphatic rings. The van der Waals surface area contributed by atoms with E-state index in [2.05, 4.69) is 16.0 Å². The van der Waals surface area contributed by atoms with E-state index in [1.165, 1.54) is 6.92 Å². The van der Waals surface area contributed by atoms with Crippen molar-refractivity contribution in [2.75, 3.05) is 26.7 Å². The van der Waals surface area contributed by atoms with Crippen LogP contribution >= 0.6 is 0 Å². The summed E-state index contributed by atoms with van der Waals surface area (Å²) in [5, 5.41) is 16.6. The molecule has 4 N–H and O–H groups in total. The number of carbonyl (C=O) groups is 4. The Kier molecular flexibility index (Phi) is 9.99. The number of likely N-dealkylation sites (N-methyl/N-ethyl adjacent to an activating group) is 1. The van der Waals surface area contributed by atoms with Crippen LogP contribution in [0.25, 0.3) is 0 Å². The molecule has 1 amide bonds. The number of hydrogen-bond donors (Lipinski definition) is 4. The van der Waals surface area contributed by atoms with Crippen LogP contribution in [0.4, 0.5) is 0 Å². The molecule has 0 aromatic rings. The van der Waals surface area contributed by atoms with Gasteiger partial charge in [-0.3, -0.25) is 19.2 Å². The van der Waals surface area contributed by atoms with E-state index in [1.807, 2.05) is 0 Å². The highest BCUT2D eigenvalue weighted by Crippen LogP contribution is 1.99. The third kappa shape index (κ3) is 10.6. The molecule has 0 aliphatic carbocycles. The molecule has 0 heterocycles. The average molecular weight is 301 g/mol. The van der Waals surface area contributed by atoms with E-state index in [0.29, 0.717) is 0 Å². The summed E-state index contributed by atoms with van der Waals surface area (Å²) in [5.74, 6) is -1.55. The van der Waals surface area contributed by atoms with Gasteiger partial charge in [0.15, 0.2) is 5.78 Å². The number of nitrogens with one attached hydrogen (secondary N) is 3. The van der Waals surface area contributed by atoms with Crippen molar-refractivity contribution in [1.82, 2.24) is 16.0 Å². The van der Waals surface area contributed by atoms with Crippen LogP contribution < -0.4 is 16.0 Å². The number of carboxylic acids is 1. The second-order valence-corrected chi connectivity index (χ2v) is 4.65. The van der Waals surface area contributed by atoms with E-state index >= 15 is 0 Å². The lowest BCUT2D eigenvalue weighted by Gasteiger charge is -2.14. The number of hydrogen-bond acceptors (Lipinski definition) is 6. The lowest BCUT2D eigenvalue weighted by molar-refractivity contribution is -0.137. The molecule has 0 bridgehead atoms. The first-order valence-electron chi connectivity index (χ1n) is 6.75. The van der Waals surface area contributed by atoms with Crippen LogP contribution in [0.1, 0.15) is 26.2 Å². The Morgan fingerprint density at radius 2 is 1.76 bits per heavy atom. The fraction of sp³-hybridized carbons (Fsp3) is 0.692. The van der Waals surface area contributed by atoms with Crippen LogP contribution in [0.5, 0.6) is 0 Å². The molecule has 8 nitrogen and oxygen atoms in total. The molecule has 0 spiro atoms. The summed E-state index contributed by atoms with van der Waals surface area (Å²) in [6.45, 7) is 1.74. The van der Waals surface area contributed by atoms with Crippen LogP contribution in [-0.4, -0.2) is 61.3 Å². The van der Waals surface area contributed by atoms with Gasteiger partial charge in [-0.05, 0) is 20.4 Å². The van der Waals surface area contributed by atoms with Crippen molar-refractivity contribution in [3.8, 4) is 0 Å². The van der Waals surface area contributed by atoms with Crippen molar-refractivity contribution < 1.29 is 24.3 Å². The second kappa shape index (κ2) is 10.9. The zero-order valence-electron chi connectivity index (χ0n) is 12.4. The van der Waals surface area contributed by atoms with Crippen LogP contribution in [0.15, 0.2) is 0 Å². The van der Waals surface area contributed by atoms with Crippen molar-refractivity contribution in [1.29, 1.82) is 0 Å². The van der Waals surface area contributed by atoms with Crippen molar-refractivity contribution in [2.24, 2.45) is 0 Å². The van der Waals surface area contributed by atoms with Crippen molar-refractivity contribution >= 4 is 23.4 Å². The number of aliphatic carboxylic acids is 1. The molecule has 0 aliphatic heterocycles. The average Bonchev–Trinajstić information content (AvgIpc) is 2.40. The van der Waals surface area contributed by atoms with Gasteiger partial charge in [-0.2, -0.15) is 0 Å². The largest absolute Gasteiger partial charge is 0.481 e. The van der Waals surface area contributed by atoms with E-state index in [9.17, 15) is 19.2 Å². The van der Waals surface area contributed by atoms with Gasteiger partial charge in [0, 0.05) is 19.4 Å². The Morgan fingerprint density at radius 1 is 1.10 bits per heavy atom. The molecule has 120 valence electrons. The van der Waals surface area contributed by atoms with Crippen molar-refractivity contribution in [2.45, 2.75) is 32.2 Å². The Hall–Kier alpha value is -1.80. The molecular weight excluding hydrogens is 278 g/mol. The smallest absolute Gasteiger partial charge is 0.303 e. The predicted octanol–water partition coefficient (Wildman–Crippen LogP) is -1.31. The van der Waals surface area contributed by atoms with Crippen LogP contribution in [-0.2, 0) is 19.2 Å². The van der Waals surface area contributed by atoms with E-state index < -0.39 is 12.0 Å². The molecule has 0 aromatic heterocycles. The minimum atomic E-state index is -0.966. The number of amides is 1. The molecule has 0 rings (SSSR count). The first kappa shape index (κ1) is 19.2. The topological polar surface area (TPSA) is 125 Å². The quantitative estimate of drug-likeness (QED) is 0.353. The summed E-state index contributed by atoms with van der Waals surface area (Å²) >= 11 is 0. The summed E-state index contributed by atoms with van der Waals surface area (Å²) < 4.78 is 0. The van der Waals surface area contributed by atoms with Crippen molar-refractivity contribution in [3.63, 3.8) is 0 Å². The number of ketones is 2. The third-order valence-electron chi connectivity index (χ3n) is 2.75. The highest BCUT2D eigenvalue weighted by Gasteiger charge is 2.15. The molecule has 1 atom stereocenters. The highest BCUT2D eigenvalue weighted by atomic mass is 16.4. The summed E-state index contributed by atoms with van der Waals surface area (Å²) in [5.41, 5.74) is 0. The van der Waals surface area contributed by atoms with E-state index in [4.69, 9.17) is 5.11 Å². The SMILES string of the molecule is CNCC(=O)NCC(=O)CCN[C@@H](CCC(=O)O)C(C)=O. The maximum absolute atomic E-state index is 11.5. The Morgan fingerprint density at radius 3 is 2.29 bits per heavy atom. The number of carbonyl (C=O) groups excluding carboxylic acids is 3. The molecule has 0 saturated heterocycles. The molecule has 0 aromatic carbocycles. The van der Waals surface area contributed by atoms with Gasteiger partial charge in [-0.25, -0.2) is 0 Å². The van der Waals surface area contributed by atoms with E-state index in [-0.39, 0.29) is 56.4 Å². The summed E-state index contributed by atoms with van der Waals surface area (Å²) in [4.78, 5) is 44.4. The molecule has 8 heteroatoms. The first-order chi connectivity index (χ1) is 9.86. The first-order valence-corrected chi connectivity index (χ1v) is 6.75. The maximum Gasteiger partial charge on any atom is 0.303 e. The van der Waals surface area contributed by atoms with Crippen LogP contribution in [0.3, 0.4) is 0 Å². The minimum Gasteiger partial charge on any atom is -0.481 e. The van der Waals surface area contributed by atoms with Gasteiger partial charge in [-0.15, -0.1) is 0 Å². The Balaban J connectivity index is 3.92. The van der Waals surface area contributed by atoms with Crippen molar-refractivity contribution in [3.05, 3.63) is 0 Å². The minimum absolute atomic E-state index is 0.0535. The molecular formula is C13H23N3O5. The van der Waals surface area contributed by atoms with Gasteiger partial charge in [0.1, 0.15) is 5.78 Å². The second-order valence-electron chi connectivity index (χ2n) is 4.65. The standard InChI is InChI=1S/C13H23N3O5/c1-9(17)11(3-4-13(20)21)15-6-5-10(18)7-16-12(19)8-14-2/h11,14-15H,3-8H2,1-2H3,(H,16,19)(H,20,21)/t11-/m0/s1. The predicted molar refractivity (Wildman–Crippen MR) is 75.9 cm³/mol. The van der Waals surface area contributed by atoms with Crippen LogP contribution in [0, 0.1) is 0 Å². The normalized spacial score (nSPS) is 11.7. The van der Waals surface area contributed by atoms with E-state index in [0.717, 1.165) is 0 Å². The van der Waals surface area contributed by atoms with Gasteiger partial charge in [-0.1, -0.05) is 0 Å². The Bertz CT molecular complexity index is 384. The zero-order chi connectivity index (χ0) is 16.3. The van der Waals surface area contributed by atoms with Gasteiger partial charge < -0.3 is 21.1 Å². The monoisotopic (exact) mass is 301 g/mol. The molecule has 0 fully saturated rings.